The molecule has 0 bridgehead atoms. The van der Waals surface area contributed by atoms with Crippen LogP contribution in [0, 0.1) is 20.8 Å². The van der Waals surface area contributed by atoms with E-state index in [1.54, 1.807) is 26.8 Å². The van der Waals surface area contributed by atoms with E-state index < -0.39 is 0 Å². The first-order valence-corrected chi connectivity index (χ1v) is 4.37. The molecule has 0 unspecified atom stereocenters. The molecule has 0 aliphatic heterocycles. The highest BCUT2D eigenvalue weighted by atomic mass is 16.5. The molecule has 0 aliphatic rings. The number of benzene rings is 1. The maximum atomic E-state index is 11.3. The van der Waals surface area contributed by atoms with E-state index in [1.807, 2.05) is 0 Å². The van der Waals surface area contributed by atoms with Gasteiger partial charge in [-0.15, -0.1) is 0 Å². The van der Waals surface area contributed by atoms with Crippen molar-refractivity contribution in [3.8, 4) is 5.75 Å². The summed E-state index contributed by atoms with van der Waals surface area (Å²) >= 11 is 0. The third-order valence-corrected chi connectivity index (χ3v) is 2.46. The van der Waals surface area contributed by atoms with Crippen molar-refractivity contribution in [2.24, 2.45) is 0 Å². The minimum Gasteiger partial charge on any atom is -0.507 e. The summed E-state index contributed by atoms with van der Waals surface area (Å²) in [5.41, 5.74) is 2.69. The molecule has 3 heteroatoms. The molecule has 1 rings (SSSR count). The fraction of sp³-hybridized carbons (Fsp3) is 0.364. The highest BCUT2D eigenvalue weighted by molar-refractivity contribution is 5.92. The molecular formula is C11H14O3. The number of rotatable bonds is 1. The Morgan fingerprint density at radius 2 is 1.86 bits per heavy atom. The predicted octanol–water partition coefficient (Wildman–Crippen LogP) is 2.10. The number of aryl methyl sites for hydroxylation is 1. The Labute approximate surface area is 83.3 Å². The molecule has 1 N–H and O–H groups in total. The fourth-order valence-electron chi connectivity index (χ4n) is 1.39. The quantitative estimate of drug-likeness (QED) is 0.696. The SMILES string of the molecule is COC(=O)c1cc(C)c(O)c(C)c1C. The van der Waals surface area contributed by atoms with E-state index in [9.17, 15) is 9.90 Å². The number of carbonyl (C=O) groups excluding carboxylic acids is 1. The van der Waals surface area contributed by atoms with Crippen molar-refractivity contribution in [3.63, 3.8) is 0 Å². The average molecular weight is 194 g/mol. The number of esters is 1. The average Bonchev–Trinajstić information content (AvgIpc) is 2.19. The van der Waals surface area contributed by atoms with Crippen LogP contribution in [-0.2, 0) is 4.74 Å². The zero-order valence-corrected chi connectivity index (χ0v) is 8.84. The van der Waals surface area contributed by atoms with Crippen molar-refractivity contribution in [2.75, 3.05) is 7.11 Å². The van der Waals surface area contributed by atoms with Crippen molar-refractivity contribution < 1.29 is 14.6 Å². The van der Waals surface area contributed by atoms with Crippen molar-refractivity contribution in [2.45, 2.75) is 20.8 Å². The predicted molar refractivity (Wildman–Crippen MR) is 53.7 cm³/mol. The smallest absolute Gasteiger partial charge is 0.338 e. The van der Waals surface area contributed by atoms with Crippen molar-refractivity contribution in [1.29, 1.82) is 0 Å². The lowest BCUT2D eigenvalue weighted by Crippen LogP contribution is -2.05. The molecule has 0 heterocycles. The topological polar surface area (TPSA) is 46.5 Å². The summed E-state index contributed by atoms with van der Waals surface area (Å²) in [7, 11) is 1.35. The number of carbonyl (C=O) groups is 1. The second-order valence-electron chi connectivity index (χ2n) is 3.33. The van der Waals surface area contributed by atoms with Crippen LogP contribution in [0.25, 0.3) is 0 Å². The van der Waals surface area contributed by atoms with E-state index in [0.29, 0.717) is 11.1 Å². The summed E-state index contributed by atoms with van der Waals surface area (Å²) in [5.74, 6) is -0.121. The van der Waals surface area contributed by atoms with Gasteiger partial charge in [0.2, 0.25) is 0 Å². The second-order valence-corrected chi connectivity index (χ2v) is 3.33. The Hall–Kier alpha value is -1.51. The summed E-state index contributed by atoms with van der Waals surface area (Å²) in [5, 5.41) is 9.61. The molecule has 0 spiro atoms. The van der Waals surface area contributed by atoms with Gasteiger partial charge in [-0.05, 0) is 43.5 Å². The number of hydrogen-bond acceptors (Lipinski definition) is 3. The van der Waals surface area contributed by atoms with Crippen LogP contribution in [0.1, 0.15) is 27.0 Å². The Bertz CT molecular complexity index is 381. The van der Waals surface area contributed by atoms with Gasteiger partial charge in [0.15, 0.2) is 0 Å². The highest BCUT2D eigenvalue weighted by Crippen LogP contribution is 2.27. The standard InChI is InChI=1S/C11H14O3/c1-6-5-9(11(13)14-4)7(2)8(3)10(6)12/h5,12H,1-4H3. The Morgan fingerprint density at radius 3 is 2.36 bits per heavy atom. The van der Waals surface area contributed by atoms with E-state index in [0.717, 1.165) is 11.1 Å². The third kappa shape index (κ3) is 1.58. The summed E-state index contributed by atoms with van der Waals surface area (Å²) in [6.07, 6.45) is 0. The molecule has 0 radical (unpaired) electrons. The maximum Gasteiger partial charge on any atom is 0.338 e. The van der Waals surface area contributed by atoms with E-state index in [-0.39, 0.29) is 11.7 Å². The molecule has 1 aromatic carbocycles. The van der Waals surface area contributed by atoms with Crippen LogP contribution in [0.5, 0.6) is 5.75 Å². The van der Waals surface area contributed by atoms with Crippen molar-refractivity contribution in [3.05, 3.63) is 28.3 Å². The van der Waals surface area contributed by atoms with Gasteiger partial charge in [-0.2, -0.15) is 0 Å². The molecule has 0 amide bonds. The normalized spacial score (nSPS) is 10.0. The van der Waals surface area contributed by atoms with E-state index in [2.05, 4.69) is 4.74 Å². The molecule has 0 saturated carbocycles. The maximum absolute atomic E-state index is 11.3. The zero-order valence-electron chi connectivity index (χ0n) is 8.84. The Kier molecular flexibility index (Phi) is 2.79. The van der Waals surface area contributed by atoms with E-state index >= 15 is 0 Å². The largest absolute Gasteiger partial charge is 0.507 e. The van der Waals surface area contributed by atoms with Gasteiger partial charge >= 0.3 is 5.97 Å². The van der Waals surface area contributed by atoms with Crippen molar-refractivity contribution in [1.82, 2.24) is 0 Å². The molecule has 1 aromatic rings. The number of aromatic hydroxyl groups is 1. The summed E-state index contributed by atoms with van der Waals surface area (Å²) in [6.45, 7) is 5.33. The monoisotopic (exact) mass is 194 g/mol. The lowest BCUT2D eigenvalue weighted by atomic mass is 9.99. The Morgan fingerprint density at radius 1 is 1.29 bits per heavy atom. The van der Waals surface area contributed by atoms with Gasteiger partial charge in [0.25, 0.3) is 0 Å². The molecule has 14 heavy (non-hydrogen) atoms. The van der Waals surface area contributed by atoms with Gasteiger partial charge in [0, 0.05) is 0 Å². The molecule has 0 saturated heterocycles. The molecule has 0 aromatic heterocycles. The van der Waals surface area contributed by atoms with Gasteiger partial charge in [-0.25, -0.2) is 4.79 Å². The lowest BCUT2D eigenvalue weighted by Gasteiger charge is -2.10. The molecule has 0 aliphatic carbocycles. The van der Waals surface area contributed by atoms with Crippen molar-refractivity contribution >= 4 is 5.97 Å². The van der Waals surface area contributed by atoms with E-state index in [1.165, 1.54) is 7.11 Å². The van der Waals surface area contributed by atoms with Crippen LogP contribution in [0.15, 0.2) is 6.07 Å². The minimum absolute atomic E-state index is 0.246. The Balaban J connectivity index is 3.40. The van der Waals surface area contributed by atoms with Gasteiger partial charge in [-0.1, -0.05) is 0 Å². The van der Waals surface area contributed by atoms with Gasteiger partial charge < -0.3 is 9.84 Å². The molecular weight excluding hydrogens is 180 g/mol. The van der Waals surface area contributed by atoms with Crippen LogP contribution in [0.4, 0.5) is 0 Å². The van der Waals surface area contributed by atoms with Crippen LogP contribution in [0.2, 0.25) is 0 Å². The molecule has 0 atom stereocenters. The number of hydrogen-bond donors (Lipinski definition) is 1. The second kappa shape index (κ2) is 3.70. The van der Waals surface area contributed by atoms with Gasteiger partial charge in [-0.3, -0.25) is 0 Å². The number of phenolic OH excluding ortho intramolecular Hbond substituents is 1. The molecule has 76 valence electrons. The van der Waals surface area contributed by atoms with E-state index in [4.69, 9.17) is 0 Å². The number of phenols is 1. The summed E-state index contributed by atoms with van der Waals surface area (Å²) < 4.78 is 4.65. The first kappa shape index (κ1) is 10.6. The summed E-state index contributed by atoms with van der Waals surface area (Å²) in [6, 6.07) is 1.64. The highest BCUT2D eigenvalue weighted by Gasteiger charge is 2.14. The first-order chi connectivity index (χ1) is 6.49. The zero-order chi connectivity index (χ0) is 10.9. The first-order valence-electron chi connectivity index (χ1n) is 4.37. The minimum atomic E-state index is -0.367. The van der Waals surface area contributed by atoms with Crippen LogP contribution in [0.3, 0.4) is 0 Å². The number of ether oxygens (including phenoxy) is 1. The van der Waals surface area contributed by atoms with Crippen LogP contribution >= 0.6 is 0 Å². The molecule has 0 fully saturated rings. The molecule has 3 nitrogen and oxygen atoms in total. The fourth-order valence-corrected chi connectivity index (χ4v) is 1.39. The lowest BCUT2D eigenvalue weighted by molar-refractivity contribution is 0.0599. The number of methoxy groups -OCH3 is 1. The van der Waals surface area contributed by atoms with Crippen LogP contribution in [-0.4, -0.2) is 18.2 Å². The summed E-state index contributed by atoms with van der Waals surface area (Å²) in [4.78, 5) is 11.3. The third-order valence-electron chi connectivity index (χ3n) is 2.46. The van der Waals surface area contributed by atoms with Gasteiger partial charge in [0.1, 0.15) is 5.75 Å². The van der Waals surface area contributed by atoms with Crippen LogP contribution < -0.4 is 0 Å². The van der Waals surface area contributed by atoms with Gasteiger partial charge in [0.05, 0.1) is 12.7 Å².